The summed E-state index contributed by atoms with van der Waals surface area (Å²) in [5.74, 6) is -0.431. The maximum absolute atomic E-state index is 12.8. The van der Waals surface area contributed by atoms with E-state index >= 15 is 0 Å². The molecule has 180 valence electrons. The number of halogens is 1. The topological polar surface area (TPSA) is 122 Å². The van der Waals surface area contributed by atoms with E-state index in [1.807, 2.05) is 4.90 Å². The van der Waals surface area contributed by atoms with Gasteiger partial charge in [0.25, 0.3) is 17.5 Å². The zero-order valence-corrected chi connectivity index (χ0v) is 19.5. The lowest BCUT2D eigenvalue weighted by molar-refractivity contribution is -0.384. The number of hydrogen-bond donors (Lipinski definition) is 2. The van der Waals surface area contributed by atoms with Gasteiger partial charge in [0.05, 0.1) is 4.92 Å². The highest BCUT2D eigenvalue weighted by molar-refractivity contribution is 6.30. The Morgan fingerprint density at radius 2 is 1.71 bits per heavy atom. The number of rotatable bonds is 5. The Kier molecular flexibility index (Phi) is 7.33. The van der Waals surface area contributed by atoms with Gasteiger partial charge in [-0.15, -0.1) is 0 Å². The highest BCUT2D eigenvalue weighted by Gasteiger charge is 2.28. The molecule has 1 saturated heterocycles. The summed E-state index contributed by atoms with van der Waals surface area (Å²) in [4.78, 5) is 40.4. The minimum absolute atomic E-state index is 0.0381. The van der Waals surface area contributed by atoms with Gasteiger partial charge in [0.1, 0.15) is 5.69 Å². The van der Waals surface area contributed by atoms with Crippen LogP contribution in [0.3, 0.4) is 0 Å². The van der Waals surface area contributed by atoms with Crippen LogP contribution >= 0.6 is 11.6 Å². The summed E-state index contributed by atoms with van der Waals surface area (Å²) in [7, 11) is 0. The van der Waals surface area contributed by atoms with Gasteiger partial charge >= 0.3 is 0 Å². The summed E-state index contributed by atoms with van der Waals surface area (Å²) in [6.07, 6.45) is 3.34. The number of nitrogens with two attached hydrogens (primary N) is 1. The molecule has 4 rings (SSSR count). The van der Waals surface area contributed by atoms with E-state index in [1.165, 1.54) is 6.07 Å². The highest BCUT2D eigenvalue weighted by atomic mass is 35.5. The van der Waals surface area contributed by atoms with Crippen LogP contribution < -0.4 is 16.0 Å². The van der Waals surface area contributed by atoms with Crippen LogP contribution in [0.5, 0.6) is 0 Å². The molecule has 10 heteroatoms. The second kappa shape index (κ2) is 10.4. The minimum atomic E-state index is -0.463. The lowest BCUT2D eigenvalue weighted by atomic mass is 9.91. The molecule has 0 radical (unpaired) electrons. The number of anilines is 1. The van der Waals surface area contributed by atoms with Crippen molar-refractivity contribution in [3.05, 3.63) is 68.7 Å². The van der Waals surface area contributed by atoms with E-state index < -0.39 is 4.92 Å². The molecule has 2 aromatic rings. The number of hydrogen-bond acceptors (Lipinski definition) is 6. The van der Waals surface area contributed by atoms with Gasteiger partial charge in [0.15, 0.2) is 0 Å². The smallest absolute Gasteiger partial charge is 0.293 e. The van der Waals surface area contributed by atoms with E-state index in [0.29, 0.717) is 42.5 Å². The van der Waals surface area contributed by atoms with Crippen LogP contribution in [0.1, 0.15) is 46.4 Å². The SMILES string of the molecule is NC1CCC(NC(=O)c2ccc(N3CCN(C(=O)c4cccc(Cl)c4)CC3)c([N+](=O)[O-])c2)CC1. The van der Waals surface area contributed by atoms with Crippen molar-refractivity contribution in [3.63, 3.8) is 0 Å². The van der Waals surface area contributed by atoms with Crippen molar-refractivity contribution in [2.75, 3.05) is 31.1 Å². The van der Waals surface area contributed by atoms with Crippen molar-refractivity contribution in [3.8, 4) is 0 Å². The standard InChI is InChI=1S/C24H28ClN5O4/c25-18-3-1-2-17(14-18)24(32)29-12-10-28(11-13-29)21-9-4-16(15-22(21)30(33)34)23(31)27-20-7-5-19(26)6-8-20/h1-4,9,14-15,19-20H,5-8,10-13,26H2,(H,27,31). The first-order chi connectivity index (χ1) is 16.3. The number of nitrogens with one attached hydrogen (secondary N) is 1. The number of carbonyl (C=O) groups excluding carboxylic acids is 2. The first-order valence-electron chi connectivity index (χ1n) is 11.5. The average Bonchev–Trinajstić information content (AvgIpc) is 2.84. The first-order valence-corrected chi connectivity index (χ1v) is 11.8. The van der Waals surface area contributed by atoms with Crippen LogP contribution in [0.4, 0.5) is 11.4 Å². The van der Waals surface area contributed by atoms with Crippen LogP contribution in [-0.2, 0) is 0 Å². The Morgan fingerprint density at radius 3 is 2.35 bits per heavy atom. The summed E-state index contributed by atoms with van der Waals surface area (Å²) < 4.78 is 0. The van der Waals surface area contributed by atoms with Crippen molar-refractivity contribution in [1.82, 2.24) is 10.2 Å². The number of amides is 2. The van der Waals surface area contributed by atoms with Crippen molar-refractivity contribution < 1.29 is 14.5 Å². The molecule has 3 N–H and O–H groups in total. The van der Waals surface area contributed by atoms with E-state index in [2.05, 4.69) is 5.32 Å². The minimum Gasteiger partial charge on any atom is -0.362 e. The molecule has 2 amide bonds. The largest absolute Gasteiger partial charge is 0.362 e. The third-order valence-electron chi connectivity index (χ3n) is 6.52. The number of piperazine rings is 1. The van der Waals surface area contributed by atoms with Gasteiger partial charge in [-0.25, -0.2) is 0 Å². The Hall–Kier alpha value is -3.17. The van der Waals surface area contributed by atoms with Crippen molar-refractivity contribution in [2.24, 2.45) is 5.73 Å². The van der Waals surface area contributed by atoms with Gasteiger partial charge in [-0.3, -0.25) is 19.7 Å². The Labute approximate surface area is 203 Å². The second-order valence-electron chi connectivity index (χ2n) is 8.84. The number of nitro benzene ring substituents is 1. The predicted octanol–water partition coefficient (Wildman–Crippen LogP) is 3.21. The molecule has 34 heavy (non-hydrogen) atoms. The number of carbonyl (C=O) groups is 2. The van der Waals surface area contributed by atoms with Crippen molar-refractivity contribution >= 4 is 34.8 Å². The zero-order chi connectivity index (χ0) is 24.2. The molecular formula is C24H28ClN5O4. The van der Waals surface area contributed by atoms with Gasteiger partial charge in [-0.1, -0.05) is 17.7 Å². The number of nitro groups is 1. The molecule has 9 nitrogen and oxygen atoms in total. The molecule has 0 unspecified atom stereocenters. The van der Waals surface area contributed by atoms with Gasteiger partial charge < -0.3 is 20.9 Å². The molecule has 0 bridgehead atoms. The molecule has 1 aliphatic carbocycles. The lowest BCUT2D eigenvalue weighted by Crippen LogP contribution is -2.49. The summed E-state index contributed by atoms with van der Waals surface area (Å²) >= 11 is 6.00. The molecular weight excluding hydrogens is 458 g/mol. The molecule has 2 aromatic carbocycles. The predicted molar refractivity (Wildman–Crippen MR) is 130 cm³/mol. The third-order valence-corrected chi connectivity index (χ3v) is 6.76. The van der Waals surface area contributed by atoms with Crippen LogP contribution in [0, 0.1) is 10.1 Å². The summed E-state index contributed by atoms with van der Waals surface area (Å²) in [6, 6.07) is 11.6. The monoisotopic (exact) mass is 485 g/mol. The maximum atomic E-state index is 12.8. The zero-order valence-electron chi connectivity index (χ0n) is 18.8. The van der Waals surface area contributed by atoms with Gasteiger partial charge in [-0.05, 0) is 56.0 Å². The highest BCUT2D eigenvalue weighted by Crippen LogP contribution is 2.30. The normalized spacial score (nSPS) is 20.6. The van der Waals surface area contributed by atoms with E-state index in [0.717, 1.165) is 25.7 Å². The third kappa shape index (κ3) is 5.48. The molecule has 0 atom stereocenters. The van der Waals surface area contributed by atoms with Crippen molar-refractivity contribution in [1.29, 1.82) is 0 Å². The van der Waals surface area contributed by atoms with Crippen LogP contribution in [-0.4, -0.2) is 59.9 Å². The van der Waals surface area contributed by atoms with Crippen molar-refractivity contribution in [2.45, 2.75) is 37.8 Å². The summed E-state index contributed by atoms with van der Waals surface area (Å²) in [5, 5.41) is 15.3. The van der Waals surface area contributed by atoms with Gasteiger partial charge in [0.2, 0.25) is 0 Å². The number of nitrogens with zero attached hydrogens (tertiary/aromatic N) is 3. The Morgan fingerprint density at radius 1 is 1.00 bits per heavy atom. The summed E-state index contributed by atoms with van der Waals surface area (Å²) in [5.41, 5.74) is 7.03. The molecule has 0 aromatic heterocycles. The molecule has 2 aliphatic rings. The molecule has 1 heterocycles. The molecule has 1 aliphatic heterocycles. The van der Waals surface area contributed by atoms with Crippen LogP contribution in [0.25, 0.3) is 0 Å². The quantitative estimate of drug-likeness (QED) is 0.495. The lowest BCUT2D eigenvalue weighted by Gasteiger charge is -2.36. The molecule has 0 spiro atoms. The van der Waals surface area contributed by atoms with Gasteiger partial charge in [-0.2, -0.15) is 0 Å². The van der Waals surface area contributed by atoms with E-state index in [9.17, 15) is 19.7 Å². The van der Waals surface area contributed by atoms with Gasteiger partial charge in [0, 0.05) is 60.5 Å². The fraction of sp³-hybridized carbons (Fsp3) is 0.417. The Balaban J connectivity index is 1.42. The fourth-order valence-corrected chi connectivity index (χ4v) is 4.76. The average molecular weight is 486 g/mol. The van der Waals surface area contributed by atoms with Crippen LogP contribution in [0.2, 0.25) is 5.02 Å². The molecule has 2 fully saturated rings. The van der Waals surface area contributed by atoms with Crippen LogP contribution in [0.15, 0.2) is 42.5 Å². The molecule has 1 saturated carbocycles. The first kappa shape index (κ1) is 24.0. The number of benzene rings is 2. The van der Waals surface area contributed by atoms with E-state index in [4.69, 9.17) is 17.3 Å². The fourth-order valence-electron chi connectivity index (χ4n) is 4.57. The Bertz CT molecular complexity index is 1080. The summed E-state index contributed by atoms with van der Waals surface area (Å²) in [6.45, 7) is 1.74. The second-order valence-corrected chi connectivity index (χ2v) is 9.27. The van der Waals surface area contributed by atoms with E-state index in [-0.39, 0.29) is 35.1 Å². The van der Waals surface area contributed by atoms with E-state index in [1.54, 1.807) is 41.3 Å². The maximum Gasteiger partial charge on any atom is 0.293 e.